The number of benzene rings is 2. The molecule has 0 bridgehead atoms. The number of carbonyl (C=O) groups excluding carboxylic acids is 6. The summed E-state index contributed by atoms with van der Waals surface area (Å²) in [5, 5.41) is 14.7. The quantitative estimate of drug-likeness (QED) is 0.0589. The van der Waals surface area contributed by atoms with E-state index in [4.69, 9.17) is 28.9 Å². The van der Waals surface area contributed by atoms with Gasteiger partial charge in [0.2, 0.25) is 11.8 Å². The van der Waals surface area contributed by atoms with Gasteiger partial charge in [0.15, 0.2) is 5.78 Å². The van der Waals surface area contributed by atoms with E-state index in [0.717, 1.165) is 50.2 Å². The molecule has 4 amide bonds. The molecule has 1 saturated heterocycles. The highest BCUT2D eigenvalue weighted by atomic mass is 16.8. The van der Waals surface area contributed by atoms with Gasteiger partial charge in [-0.3, -0.25) is 28.8 Å². The van der Waals surface area contributed by atoms with Crippen LogP contribution in [0.25, 0.3) is 11.1 Å². The number of Topliss-reactive ketones (excluding diaryl/α,β-unsaturated/α-hetero) is 1. The second-order valence-electron chi connectivity index (χ2n) is 13.0. The van der Waals surface area contributed by atoms with Crippen LogP contribution in [0.3, 0.4) is 0 Å². The van der Waals surface area contributed by atoms with Crippen molar-refractivity contribution in [2.75, 3.05) is 65.7 Å². The molecule has 15 nitrogen and oxygen atoms in total. The second kappa shape index (κ2) is 24.7. The van der Waals surface area contributed by atoms with E-state index in [1.807, 2.05) is 6.07 Å². The predicted molar refractivity (Wildman–Crippen MR) is 202 cm³/mol. The third kappa shape index (κ3) is 14.5. The number of aliphatic hydroxyl groups is 1. The molecule has 1 atom stereocenters. The number of rotatable bonds is 23. The van der Waals surface area contributed by atoms with Crippen molar-refractivity contribution in [2.45, 2.75) is 83.5 Å². The van der Waals surface area contributed by atoms with Crippen molar-refractivity contribution >= 4 is 41.3 Å². The zero-order chi connectivity index (χ0) is 40.0. The highest BCUT2D eigenvalue weighted by Crippen LogP contribution is 2.48. The van der Waals surface area contributed by atoms with Gasteiger partial charge >= 0.3 is 6.16 Å². The van der Waals surface area contributed by atoms with E-state index in [0.29, 0.717) is 59.9 Å². The molecule has 302 valence electrons. The van der Waals surface area contributed by atoms with E-state index in [2.05, 4.69) is 17.6 Å². The molecule has 1 unspecified atom stereocenters. The molecule has 2 aromatic carbocycles. The van der Waals surface area contributed by atoms with E-state index in [1.165, 1.54) is 7.05 Å². The lowest BCUT2D eigenvalue weighted by Crippen LogP contribution is -2.32. The SMILES string of the molecule is CCCOCCCOC.CNC(=O)CCCC(=O)Nc1ccc2c(c1)C(COC(=O)ON1C(=O)CCC1=O)c1cccc(C(=O)CCCOCCCCO)c1-2. The average molecular weight is 770 g/mol. The number of hydroxylamine groups is 2. The van der Waals surface area contributed by atoms with Gasteiger partial charge in [0, 0.05) is 103 Å². The van der Waals surface area contributed by atoms with Crippen molar-refractivity contribution in [3.63, 3.8) is 0 Å². The topological polar surface area (TPSA) is 196 Å². The van der Waals surface area contributed by atoms with E-state index in [9.17, 15) is 28.8 Å². The molecular weight excluding hydrogens is 714 g/mol. The maximum Gasteiger partial charge on any atom is 0.533 e. The standard InChI is InChI=1S/C33H39N3O10.C7H16O2/c1-34-28(39)10-5-11-29(40)35-21-12-13-23-25(19-21)26(20-45-33(43)46-36-30(41)14-15-31(36)42)22-7-4-8-24(32(22)23)27(38)9-6-18-44-17-3-2-16-37;1-3-5-9-7-4-6-8-2/h4,7-8,12-13,19,26,37H,2-3,5-6,9-11,14-18,20H2,1H3,(H,34,39)(H,35,40);3-7H2,1-2H3. The number of anilines is 1. The first kappa shape index (κ1) is 44.7. The number of unbranched alkanes of at least 4 members (excludes halogenated alkanes) is 1. The number of methoxy groups -OCH3 is 1. The smallest absolute Gasteiger partial charge is 0.432 e. The van der Waals surface area contributed by atoms with E-state index in [1.54, 1.807) is 37.4 Å². The minimum absolute atomic E-state index is 0.0531. The van der Waals surface area contributed by atoms with Crippen LogP contribution in [0.2, 0.25) is 0 Å². The number of amides is 4. The molecule has 0 aromatic heterocycles. The maximum absolute atomic E-state index is 13.4. The van der Waals surface area contributed by atoms with Crippen LogP contribution >= 0.6 is 0 Å². The molecular formula is C40H55N3O12. The molecule has 3 N–H and O–H groups in total. The number of hydrogen-bond acceptors (Lipinski definition) is 12. The summed E-state index contributed by atoms with van der Waals surface area (Å²) in [6, 6.07) is 10.6. The third-order valence-electron chi connectivity index (χ3n) is 8.75. The van der Waals surface area contributed by atoms with Crippen LogP contribution in [-0.2, 0) is 43.0 Å². The first-order valence-corrected chi connectivity index (χ1v) is 18.9. The normalized spacial score (nSPS) is 14.1. The highest BCUT2D eigenvalue weighted by Gasteiger charge is 2.36. The molecule has 0 radical (unpaired) electrons. The van der Waals surface area contributed by atoms with Gasteiger partial charge in [-0.05, 0) is 72.9 Å². The molecule has 15 heteroatoms. The number of hydrogen-bond donors (Lipinski definition) is 3. The molecule has 4 rings (SSSR count). The zero-order valence-corrected chi connectivity index (χ0v) is 32.2. The summed E-state index contributed by atoms with van der Waals surface area (Å²) < 4.78 is 21.0. The summed E-state index contributed by atoms with van der Waals surface area (Å²) in [5.41, 5.74) is 3.86. The molecule has 1 fully saturated rings. The van der Waals surface area contributed by atoms with Crippen LogP contribution in [0.1, 0.15) is 105 Å². The van der Waals surface area contributed by atoms with Crippen molar-refractivity contribution in [3.8, 4) is 11.1 Å². The Bertz CT molecular complexity index is 1570. The van der Waals surface area contributed by atoms with Crippen molar-refractivity contribution in [1.82, 2.24) is 10.4 Å². The van der Waals surface area contributed by atoms with E-state index >= 15 is 0 Å². The number of fused-ring (bicyclic) bond motifs is 3. The Morgan fingerprint density at radius 1 is 0.818 bits per heavy atom. The molecule has 0 saturated carbocycles. The predicted octanol–water partition coefficient (Wildman–Crippen LogP) is 5.07. The molecule has 2 aliphatic rings. The Hall–Kier alpha value is -4.70. The van der Waals surface area contributed by atoms with Crippen molar-refractivity contribution in [3.05, 3.63) is 53.1 Å². The summed E-state index contributed by atoms with van der Waals surface area (Å²) in [4.78, 5) is 78.6. The summed E-state index contributed by atoms with van der Waals surface area (Å²) >= 11 is 0. The van der Waals surface area contributed by atoms with Gasteiger partial charge in [-0.2, -0.15) is 0 Å². The summed E-state index contributed by atoms with van der Waals surface area (Å²) in [6.45, 7) is 5.44. The fourth-order valence-corrected chi connectivity index (χ4v) is 6.00. The fourth-order valence-electron chi connectivity index (χ4n) is 6.00. The summed E-state index contributed by atoms with van der Waals surface area (Å²) in [7, 11) is 3.24. The van der Waals surface area contributed by atoms with Gasteiger partial charge in [-0.1, -0.05) is 36.3 Å². The molecule has 0 spiro atoms. The maximum atomic E-state index is 13.4. The number of nitrogens with zero attached hydrogens (tertiary/aromatic N) is 1. The Morgan fingerprint density at radius 2 is 1.53 bits per heavy atom. The minimum Gasteiger partial charge on any atom is -0.432 e. The van der Waals surface area contributed by atoms with Gasteiger partial charge in [0.1, 0.15) is 6.61 Å². The van der Waals surface area contributed by atoms with Gasteiger partial charge in [-0.15, -0.1) is 0 Å². The van der Waals surface area contributed by atoms with Crippen LogP contribution in [0, 0.1) is 0 Å². The van der Waals surface area contributed by atoms with Gasteiger partial charge < -0.3 is 34.7 Å². The van der Waals surface area contributed by atoms with Crippen LogP contribution in [0.5, 0.6) is 0 Å². The number of imide groups is 1. The van der Waals surface area contributed by atoms with Crippen LogP contribution in [0.15, 0.2) is 36.4 Å². The first-order chi connectivity index (χ1) is 26.6. The Balaban J connectivity index is 0.000000801. The largest absolute Gasteiger partial charge is 0.533 e. The van der Waals surface area contributed by atoms with Crippen molar-refractivity contribution < 1.29 is 57.7 Å². The molecule has 1 heterocycles. The zero-order valence-electron chi connectivity index (χ0n) is 32.2. The third-order valence-corrected chi connectivity index (χ3v) is 8.75. The second-order valence-corrected chi connectivity index (χ2v) is 13.0. The number of ether oxygens (including phenoxy) is 4. The number of carbonyl (C=O) groups is 6. The summed E-state index contributed by atoms with van der Waals surface area (Å²) in [5.74, 6) is -2.32. The Morgan fingerprint density at radius 3 is 2.24 bits per heavy atom. The molecule has 2 aromatic rings. The van der Waals surface area contributed by atoms with Crippen LogP contribution < -0.4 is 10.6 Å². The van der Waals surface area contributed by atoms with E-state index < -0.39 is 23.9 Å². The summed E-state index contributed by atoms with van der Waals surface area (Å²) in [6.07, 6.45) is 3.71. The number of nitrogens with one attached hydrogen (secondary N) is 2. The average Bonchev–Trinajstić information content (AvgIpc) is 3.67. The Labute approximate surface area is 322 Å². The number of ketones is 1. The van der Waals surface area contributed by atoms with E-state index in [-0.39, 0.29) is 62.9 Å². The van der Waals surface area contributed by atoms with Crippen LogP contribution in [-0.4, -0.2) is 106 Å². The van der Waals surface area contributed by atoms with Gasteiger partial charge in [0.05, 0.1) is 0 Å². The molecule has 55 heavy (non-hydrogen) atoms. The Kier molecular flexibility index (Phi) is 20.0. The minimum atomic E-state index is -1.22. The monoisotopic (exact) mass is 769 g/mol. The van der Waals surface area contributed by atoms with Crippen molar-refractivity contribution in [2.24, 2.45) is 0 Å². The lowest BCUT2D eigenvalue weighted by atomic mass is 9.93. The number of aliphatic hydroxyl groups excluding tert-OH is 1. The van der Waals surface area contributed by atoms with Crippen LogP contribution in [0.4, 0.5) is 10.5 Å². The lowest BCUT2D eigenvalue weighted by molar-refractivity contribution is -0.177. The van der Waals surface area contributed by atoms with Gasteiger partial charge in [-0.25, -0.2) is 4.79 Å². The molecule has 1 aliphatic heterocycles. The first-order valence-electron chi connectivity index (χ1n) is 18.9. The highest BCUT2D eigenvalue weighted by molar-refractivity contribution is 6.05. The lowest BCUT2D eigenvalue weighted by Gasteiger charge is -2.17. The van der Waals surface area contributed by atoms with Gasteiger partial charge in [0.25, 0.3) is 11.8 Å². The fraction of sp³-hybridized carbons (Fsp3) is 0.550. The molecule has 1 aliphatic carbocycles. The van der Waals surface area contributed by atoms with Crippen molar-refractivity contribution in [1.29, 1.82) is 0 Å².